The summed E-state index contributed by atoms with van der Waals surface area (Å²) in [5, 5.41) is 14.4. The van der Waals surface area contributed by atoms with Gasteiger partial charge in [0.15, 0.2) is 12.4 Å². The van der Waals surface area contributed by atoms with Gasteiger partial charge in [-0.3, -0.25) is 0 Å². The molecule has 1 heterocycles. The molecule has 0 saturated heterocycles. The van der Waals surface area contributed by atoms with E-state index in [0.29, 0.717) is 27.0 Å². The highest BCUT2D eigenvalue weighted by molar-refractivity contribution is 6.32. The molecule has 0 aliphatic carbocycles. The first-order chi connectivity index (χ1) is 13.6. The Labute approximate surface area is 171 Å². The molecule has 0 saturated carbocycles. The molecular weight excluding hydrogens is 401 g/mol. The van der Waals surface area contributed by atoms with Crippen molar-refractivity contribution in [3.63, 3.8) is 0 Å². The smallest absolute Gasteiger partial charge is 0.362 e. The molecule has 0 radical (unpaired) electrons. The topological polar surface area (TPSA) is 77.1 Å². The van der Waals surface area contributed by atoms with Gasteiger partial charge in [0.25, 0.3) is 0 Å². The monoisotopic (exact) mass is 415 g/mol. The first-order valence-corrected chi connectivity index (χ1v) is 9.13. The van der Waals surface area contributed by atoms with Gasteiger partial charge in [-0.05, 0) is 31.2 Å². The number of halogens is 2. The average Bonchev–Trinajstić information content (AvgIpc) is 3.07. The van der Waals surface area contributed by atoms with E-state index in [9.17, 15) is 4.79 Å². The van der Waals surface area contributed by atoms with Gasteiger partial charge in [-0.2, -0.15) is 10.4 Å². The van der Waals surface area contributed by atoms with Crippen LogP contribution in [0.2, 0.25) is 10.0 Å². The van der Waals surface area contributed by atoms with E-state index in [4.69, 9.17) is 37.9 Å². The minimum atomic E-state index is -0.656. The second-order valence-electron chi connectivity index (χ2n) is 5.56. The van der Waals surface area contributed by atoms with E-state index in [1.165, 1.54) is 4.68 Å². The van der Waals surface area contributed by atoms with E-state index < -0.39 is 5.97 Å². The van der Waals surface area contributed by atoms with E-state index in [0.717, 1.165) is 0 Å². The van der Waals surface area contributed by atoms with Crippen molar-refractivity contribution in [3.05, 3.63) is 64.3 Å². The lowest BCUT2D eigenvalue weighted by atomic mass is 10.1. The summed E-state index contributed by atoms with van der Waals surface area (Å²) in [6, 6.07) is 15.9. The number of hydrogen-bond acceptors (Lipinski definition) is 5. The van der Waals surface area contributed by atoms with Gasteiger partial charge in [-0.15, -0.1) is 0 Å². The number of esters is 1. The fourth-order valence-corrected chi connectivity index (χ4v) is 2.98. The van der Waals surface area contributed by atoms with Crippen LogP contribution in [0, 0.1) is 11.3 Å². The number of aromatic nitrogens is 2. The predicted molar refractivity (Wildman–Crippen MR) is 106 cm³/mol. The molecule has 8 heteroatoms. The first kappa shape index (κ1) is 19.7. The van der Waals surface area contributed by atoms with Crippen LogP contribution in [0.3, 0.4) is 0 Å². The Bertz CT molecular complexity index is 1040. The Balaban J connectivity index is 2.31. The van der Waals surface area contributed by atoms with Gasteiger partial charge in [-0.1, -0.05) is 47.5 Å². The van der Waals surface area contributed by atoms with E-state index in [-0.39, 0.29) is 24.7 Å². The Hall–Kier alpha value is -3.01. The molecule has 0 atom stereocenters. The van der Waals surface area contributed by atoms with Crippen LogP contribution in [0.5, 0.6) is 5.75 Å². The molecule has 0 fully saturated rings. The molecule has 28 heavy (non-hydrogen) atoms. The summed E-state index contributed by atoms with van der Waals surface area (Å²) in [6.45, 7) is 1.60. The Morgan fingerprint density at radius 2 is 1.89 bits per heavy atom. The lowest BCUT2D eigenvalue weighted by molar-refractivity contribution is 0.0515. The minimum absolute atomic E-state index is 0.0398. The van der Waals surface area contributed by atoms with Crippen LogP contribution in [-0.4, -0.2) is 29.0 Å². The summed E-state index contributed by atoms with van der Waals surface area (Å²) >= 11 is 12.4. The number of carbonyl (C=O) groups is 1. The standard InChI is InChI=1S/C20H15Cl2N3O3/c1-2-27-20(26)17-19(28-12-11-23)18(13-7-9-14(21)10-8-13)25(24-17)16-6-4-3-5-15(16)22/h3-10H,2,12H2,1H3. The van der Waals surface area contributed by atoms with Crippen molar-refractivity contribution in [1.29, 1.82) is 5.26 Å². The Kier molecular flexibility index (Phi) is 6.19. The predicted octanol–water partition coefficient (Wildman–Crippen LogP) is 4.93. The summed E-state index contributed by atoms with van der Waals surface area (Å²) in [4.78, 5) is 12.5. The van der Waals surface area contributed by atoms with Crippen LogP contribution in [0.15, 0.2) is 48.5 Å². The number of nitriles is 1. The molecule has 0 aliphatic heterocycles. The van der Waals surface area contributed by atoms with E-state index in [2.05, 4.69) is 5.10 Å². The van der Waals surface area contributed by atoms with Crippen LogP contribution in [0.1, 0.15) is 17.4 Å². The van der Waals surface area contributed by atoms with Gasteiger partial charge < -0.3 is 9.47 Å². The third-order valence-corrected chi connectivity index (χ3v) is 4.36. The number of nitrogens with zero attached hydrogens (tertiary/aromatic N) is 3. The molecule has 6 nitrogen and oxygen atoms in total. The summed E-state index contributed by atoms with van der Waals surface area (Å²) in [7, 11) is 0. The summed E-state index contributed by atoms with van der Waals surface area (Å²) in [5.74, 6) is -0.515. The fourth-order valence-electron chi connectivity index (χ4n) is 2.64. The van der Waals surface area contributed by atoms with E-state index >= 15 is 0 Å². The molecule has 3 aromatic rings. The van der Waals surface area contributed by atoms with Crippen molar-refractivity contribution in [1.82, 2.24) is 9.78 Å². The molecule has 0 amide bonds. The second kappa shape index (κ2) is 8.79. The Morgan fingerprint density at radius 1 is 1.18 bits per heavy atom. The van der Waals surface area contributed by atoms with Crippen molar-refractivity contribution in [2.45, 2.75) is 6.92 Å². The number of benzene rings is 2. The molecule has 3 rings (SSSR count). The molecule has 0 unspecified atom stereocenters. The number of carbonyl (C=O) groups excluding carboxylic acids is 1. The quantitative estimate of drug-likeness (QED) is 0.533. The fraction of sp³-hybridized carbons (Fsp3) is 0.150. The van der Waals surface area contributed by atoms with Gasteiger partial charge >= 0.3 is 5.97 Å². The summed E-state index contributed by atoms with van der Waals surface area (Å²) in [5.41, 5.74) is 1.65. The van der Waals surface area contributed by atoms with Gasteiger partial charge in [-0.25, -0.2) is 9.48 Å². The van der Waals surface area contributed by atoms with Crippen molar-refractivity contribution in [2.75, 3.05) is 13.2 Å². The highest BCUT2D eigenvalue weighted by Gasteiger charge is 2.28. The third kappa shape index (κ3) is 3.96. The molecule has 0 N–H and O–H groups in total. The number of ether oxygens (including phenoxy) is 2. The van der Waals surface area contributed by atoms with Crippen LogP contribution < -0.4 is 4.74 Å². The van der Waals surface area contributed by atoms with Crippen LogP contribution >= 0.6 is 23.2 Å². The second-order valence-corrected chi connectivity index (χ2v) is 6.41. The molecule has 0 spiro atoms. The normalized spacial score (nSPS) is 10.4. The molecule has 0 aliphatic rings. The maximum Gasteiger partial charge on any atom is 0.362 e. The minimum Gasteiger partial charge on any atom is -0.474 e. The molecular formula is C20H15Cl2N3O3. The van der Waals surface area contributed by atoms with Crippen molar-refractivity contribution in [3.8, 4) is 28.8 Å². The number of rotatable bonds is 6. The highest BCUT2D eigenvalue weighted by atomic mass is 35.5. The summed E-state index contributed by atoms with van der Waals surface area (Å²) in [6.07, 6.45) is 0. The van der Waals surface area contributed by atoms with Crippen LogP contribution in [0.25, 0.3) is 16.9 Å². The van der Waals surface area contributed by atoms with Gasteiger partial charge in [0.05, 0.1) is 17.3 Å². The van der Waals surface area contributed by atoms with E-state index in [1.807, 2.05) is 6.07 Å². The zero-order valence-electron chi connectivity index (χ0n) is 14.9. The van der Waals surface area contributed by atoms with Crippen LogP contribution in [0.4, 0.5) is 0 Å². The first-order valence-electron chi connectivity index (χ1n) is 8.37. The lowest BCUT2D eigenvalue weighted by Gasteiger charge is -2.11. The zero-order valence-corrected chi connectivity index (χ0v) is 16.4. The zero-order chi connectivity index (χ0) is 20.1. The largest absolute Gasteiger partial charge is 0.474 e. The number of para-hydroxylation sites is 1. The van der Waals surface area contributed by atoms with Crippen molar-refractivity contribution < 1.29 is 14.3 Å². The maximum absolute atomic E-state index is 12.5. The summed E-state index contributed by atoms with van der Waals surface area (Å²) < 4.78 is 12.2. The number of hydrogen-bond donors (Lipinski definition) is 0. The lowest BCUT2D eigenvalue weighted by Crippen LogP contribution is -2.08. The van der Waals surface area contributed by atoms with Gasteiger partial charge in [0.1, 0.15) is 11.8 Å². The highest BCUT2D eigenvalue weighted by Crippen LogP contribution is 2.37. The molecule has 0 bridgehead atoms. The third-order valence-electron chi connectivity index (χ3n) is 3.79. The average molecular weight is 416 g/mol. The Morgan fingerprint density at radius 3 is 2.54 bits per heavy atom. The van der Waals surface area contributed by atoms with Crippen molar-refractivity contribution in [2.24, 2.45) is 0 Å². The molecule has 2 aromatic carbocycles. The molecule has 142 valence electrons. The SMILES string of the molecule is CCOC(=O)c1nn(-c2ccccc2Cl)c(-c2ccc(Cl)cc2)c1OCC#N. The van der Waals surface area contributed by atoms with Gasteiger partial charge in [0.2, 0.25) is 5.69 Å². The van der Waals surface area contributed by atoms with Gasteiger partial charge in [0, 0.05) is 10.6 Å². The van der Waals surface area contributed by atoms with Crippen molar-refractivity contribution >= 4 is 29.2 Å². The van der Waals surface area contributed by atoms with E-state index in [1.54, 1.807) is 55.5 Å². The van der Waals surface area contributed by atoms with Crippen LogP contribution in [-0.2, 0) is 4.74 Å². The molecule has 1 aromatic heterocycles. The maximum atomic E-state index is 12.5.